The summed E-state index contributed by atoms with van der Waals surface area (Å²) in [5.41, 5.74) is 0.366. The van der Waals surface area contributed by atoms with Gasteiger partial charge in [0.05, 0.1) is 15.4 Å². The lowest BCUT2D eigenvalue weighted by atomic mass is 10.1. The minimum atomic E-state index is -0.535. The maximum absolute atomic E-state index is 13.9. The Balaban J connectivity index is 2.32. The fraction of sp³-hybridized carbons (Fsp3) is 0. The van der Waals surface area contributed by atoms with Crippen molar-refractivity contribution < 1.29 is 8.81 Å². The van der Waals surface area contributed by atoms with Crippen molar-refractivity contribution in [2.24, 2.45) is 0 Å². The van der Waals surface area contributed by atoms with Crippen LogP contribution in [0.1, 0.15) is 0 Å². The summed E-state index contributed by atoms with van der Waals surface area (Å²) < 4.78 is 20.2. The molecule has 3 aromatic rings. The second-order valence-electron chi connectivity index (χ2n) is 4.22. The molecule has 0 unspecified atom stereocenters. The van der Waals surface area contributed by atoms with Crippen molar-refractivity contribution in [2.45, 2.75) is 0 Å². The Labute approximate surface area is 126 Å². The summed E-state index contributed by atoms with van der Waals surface area (Å²) in [5.74, 6) is -0.365. The van der Waals surface area contributed by atoms with Crippen LogP contribution in [-0.2, 0) is 0 Å². The fourth-order valence-corrected chi connectivity index (χ4v) is 2.57. The molecule has 20 heavy (non-hydrogen) atoms. The Morgan fingerprint density at radius 3 is 2.70 bits per heavy atom. The first kappa shape index (κ1) is 13.3. The van der Waals surface area contributed by atoms with Crippen molar-refractivity contribution in [1.29, 1.82) is 0 Å². The van der Waals surface area contributed by atoms with Gasteiger partial charge in [-0.15, -0.1) is 0 Å². The van der Waals surface area contributed by atoms with Crippen LogP contribution in [0, 0.1) is 5.82 Å². The summed E-state index contributed by atoms with van der Waals surface area (Å²) in [6.45, 7) is 0. The van der Waals surface area contributed by atoms with Gasteiger partial charge in [0, 0.05) is 11.1 Å². The summed E-state index contributed by atoms with van der Waals surface area (Å²) >= 11 is 9.04. The minimum absolute atomic E-state index is 0.170. The smallest absolute Gasteiger partial charge is 0.193 e. The van der Waals surface area contributed by atoms with Gasteiger partial charge in [0.1, 0.15) is 11.6 Å². The fourth-order valence-electron chi connectivity index (χ4n) is 1.96. The van der Waals surface area contributed by atoms with Gasteiger partial charge >= 0.3 is 0 Å². The Kier molecular flexibility index (Phi) is 3.36. The third-order valence-corrected chi connectivity index (χ3v) is 3.76. The average Bonchev–Trinajstić information content (AvgIpc) is 2.40. The molecule has 0 radical (unpaired) electrons. The molecule has 0 aliphatic carbocycles. The number of fused-ring (bicyclic) bond motifs is 1. The molecule has 0 N–H and O–H groups in total. The molecule has 0 aliphatic heterocycles. The highest BCUT2D eigenvalue weighted by Crippen LogP contribution is 2.29. The first-order valence-electron chi connectivity index (χ1n) is 5.74. The highest BCUT2D eigenvalue weighted by atomic mass is 79.9. The molecule has 0 aliphatic rings. The molecule has 0 bridgehead atoms. The summed E-state index contributed by atoms with van der Waals surface area (Å²) in [5, 5.41) is 0.730. The largest absolute Gasteiger partial charge is 0.455 e. The second-order valence-corrected chi connectivity index (χ2v) is 5.51. The van der Waals surface area contributed by atoms with Crippen molar-refractivity contribution in [3.05, 3.63) is 68.0 Å². The van der Waals surface area contributed by atoms with E-state index in [4.69, 9.17) is 16.0 Å². The molecule has 0 saturated heterocycles. The Morgan fingerprint density at radius 2 is 1.95 bits per heavy atom. The van der Waals surface area contributed by atoms with Crippen molar-refractivity contribution >= 4 is 38.5 Å². The molecule has 3 rings (SSSR count). The van der Waals surface area contributed by atoms with Crippen LogP contribution < -0.4 is 5.43 Å². The van der Waals surface area contributed by atoms with Crippen LogP contribution in [0.2, 0.25) is 5.02 Å². The first-order chi connectivity index (χ1) is 9.56. The molecule has 1 heterocycles. The maximum Gasteiger partial charge on any atom is 0.193 e. The molecule has 2 nitrogen and oxygen atoms in total. The lowest BCUT2D eigenvalue weighted by Gasteiger charge is -2.05. The maximum atomic E-state index is 13.9. The van der Waals surface area contributed by atoms with E-state index in [1.807, 2.05) is 0 Å². The lowest BCUT2D eigenvalue weighted by Crippen LogP contribution is -2.01. The molecule has 5 heteroatoms. The van der Waals surface area contributed by atoms with Gasteiger partial charge in [-0.1, -0.05) is 17.7 Å². The average molecular weight is 354 g/mol. The van der Waals surface area contributed by atoms with E-state index in [0.29, 0.717) is 15.4 Å². The van der Waals surface area contributed by atoms with Gasteiger partial charge in [0.15, 0.2) is 11.0 Å². The predicted molar refractivity (Wildman–Crippen MR) is 80.6 cm³/mol. The van der Waals surface area contributed by atoms with Gasteiger partial charge in [-0.2, -0.15) is 0 Å². The molecule has 1 aromatic heterocycles. The summed E-state index contributed by atoms with van der Waals surface area (Å²) in [6, 6.07) is 10.7. The number of benzene rings is 2. The third-order valence-electron chi connectivity index (χ3n) is 2.90. The third kappa shape index (κ3) is 2.25. The molecular formula is C15H7BrClFO2. The molecule has 0 spiro atoms. The number of hydrogen-bond acceptors (Lipinski definition) is 2. The lowest BCUT2D eigenvalue weighted by molar-refractivity contribution is 0.593. The van der Waals surface area contributed by atoms with Crippen LogP contribution in [0.5, 0.6) is 0 Å². The van der Waals surface area contributed by atoms with Gasteiger partial charge < -0.3 is 4.42 Å². The standard InChI is InChI=1S/C15H7BrClFO2/c16-11-3-1-2-10-13(19)7-14(20-15(10)11)9-5-4-8(17)6-12(9)18/h1-7H. The molecule has 100 valence electrons. The summed E-state index contributed by atoms with van der Waals surface area (Å²) in [6.07, 6.45) is 0. The highest BCUT2D eigenvalue weighted by molar-refractivity contribution is 9.10. The van der Waals surface area contributed by atoms with Crippen molar-refractivity contribution in [1.82, 2.24) is 0 Å². The number of halogens is 3. The monoisotopic (exact) mass is 352 g/mol. The van der Waals surface area contributed by atoms with Crippen LogP contribution >= 0.6 is 27.5 Å². The minimum Gasteiger partial charge on any atom is -0.455 e. The van der Waals surface area contributed by atoms with E-state index in [0.717, 1.165) is 0 Å². The van der Waals surface area contributed by atoms with E-state index < -0.39 is 5.82 Å². The van der Waals surface area contributed by atoms with Crippen molar-refractivity contribution in [3.63, 3.8) is 0 Å². The summed E-state index contributed by atoms with van der Waals surface area (Å²) in [7, 11) is 0. The number of para-hydroxylation sites is 1. The van der Waals surface area contributed by atoms with Gasteiger partial charge in [0.25, 0.3) is 0 Å². The zero-order chi connectivity index (χ0) is 14.3. The zero-order valence-electron chi connectivity index (χ0n) is 9.99. The van der Waals surface area contributed by atoms with E-state index in [1.165, 1.54) is 18.2 Å². The topological polar surface area (TPSA) is 30.2 Å². The number of rotatable bonds is 1. The SMILES string of the molecule is O=c1cc(-c2ccc(Cl)cc2F)oc2c(Br)cccc12. The van der Waals surface area contributed by atoms with Gasteiger partial charge in [0.2, 0.25) is 0 Å². The molecule has 0 atom stereocenters. The Bertz CT molecular complexity index is 873. The van der Waals surface area contributed by atoms with Crippen molar-refractivity contribution in [2.75, 3.05) is 0 Å². The number of hydrogen-bond donors (Lipinski definition) is 0. The molecule has 0 fully saturated rings. The van der Waals surface area contributed by atoms with E-state index in [2.05, 4.69) is 15.9 Å². The van der Waals surface area contributed by atoms with E-state index in [-0.39, 0.29) is 21.8 Å². The van der Waals surface area contributed by atoms with Gasteiger partial charge in [-0.25, -0.2) is 4.39 Å². The summed E-state index contributed by atoms with van der Waals surface area (Å²) in [4.78, 5) is 12.1. The van der Waals surface area contributed by atoms with Crippen LogP contribution in [0.3, 0.4) is 0 Å². The van der Waals surface area contributed by atoms with Crippen molar-refractivity contribution in [3.8, 4) is 11.3 Å². The highest BCUT2D eigenvalue weighted by Gasteiger charge is 2.12. The van der Waals surface area contributed by atoms with E-state index in [1.54, 1.807) is 24.3 Å². The van der Waals surface area contributed by atoms with Crippen LogP contribution in [0.4, 0.5) is 4.39 Å². The Morgan fingerprint density at radius 1 is 1.15 bits per heavy atom. The molecule has 0 saturated carbocycles. The second kappa shape index (κ2) is 5.04. The van der Waals surface area contributed by atoms with Crippen LogP contribution in [-0.4, -0.2) is 0 Å². The molecule has 2 aromatic carbocycles. The first-order valence-corrected chi connectivity index (χ1v) is 6.91. The van der Waals surface area contributed by atoms with Gasteiger partial charge in [-0.05, 0) is 46.3 Å². The quantitative estimate of drug-likeness (QED) is 0.615. The molecular weight excluding hydrogens is 347 g/mol. The zero-order valence-corrected chi connectivity index (χ0v) is 12.3. The van der Waals surface area contributed by atoms with E-state index in [9.17, 15) is 9.18 Å². The molecule has 0 amide bonds. The normalized spacial score (nSPS) is 10.9. The van der Waals surface area contributed by atoms with Crippen LogP contribution in [0.15, 0.2) is 56.1 Å². The Hall–Kier alpha value is -1.65. The van der Waals surface area contributed by atoms with Crippen LogP contribution in [0.25, 0.3) is 22.3 Å². The van der Waals surface area contributed by atoms with E-state index >= 15 is 0 Å². The van der Waals surface area contributed by atoms with Gasteiger partial charge in [-0.3, -0.25) is 4.79 Å². The predicted octanol–water partition coefficient (Wildman–Crippen LogP) is 5.02.